The maximum atomic E-state index is 5.80. The first kappa shape index (κ1) is 11.3. The summed E-state index contributed by atoms with van der Waals surface area (Å²) < 4.78 is 0. The number of nitrogens with one attached hydrogen (secondary N) is 1. The summed E-state index contributed by atoms with van der Waals surface area (Å²) >= 11 is 0. The third kappa shape index (κ3) is 2.13. The van der Waals surface area contributed by atoms with Crippen molar-refractivity contribution in [1.82, 2.24) is 4.98 Å². The van der Waals surface area contributed by atoms with Gasteiger partial charge < -0.3 is 11.1 Å². The number of aromatic nitrogens is 1. The second kappa shape index (κ2) is 4.48. The summed E-state index contributed by atoms with van der Waals surface area (Å²) in [7, 11) is 0. The Morgan fingerprint density at radius 1 is 1.28 bits per heavy atom. The van der Waals surface area contributed by atoms with Crippen molar-refractivity contribution >= 4 is 22.3 Å². The molecule has 18 heavy (non-hydrogen) atoms. The number of benzene rings is 1. The van der Waals surface area contributed by atoms with Crippen LogP contribution in [0.15, 0.2) is 30.5 Å². The zero-order valence-electron chi connectivity index (χ0n) is 10.7. The van der Waals surface area contributed by atoms with Crippen LogP contribution in [-0.4, -0.2) is 11.0 Å². The maximum absolute atomic E-state index is 5.80. The number of anilines is 2. The molecule has 3 nitrogen and oxygen atoms in total. The lowest BCUT2D eigenvalue weighted by molar-refractivity contribution is 0.603. The van der Waals surface area contributed by atoms with Crippen molar-refractivity contribution in [3.8, 4) is 0 Å². The lowest BCUT2D eigenvalue weighted by atomic mass is 10.1. The Bertz CT molecular complexity index is 565. The van der Waals surface area contributed by atoms with Crippen LogP contribution in [0.25, 0.3) is 10.9 Å². The highest BCUT2D eigenvalue weighted by Gasteiger charge is 2.21. The minimum Gasteiger partial charge on any atom is -0.399 e. The molecule has 2 aromatic rings. The van der Waals surface area contributed by atoms with Crippen LogP contribution in [0.5, 0.6) is 0 Å². The molecule has 1 aliphatic rings. The lowest BCUT2D eigenvalue weighted by Crippen LogP contribution is -2.15. The van der Waals surface area contributed by atoms with E-state index in [2.05, 4.69) is 29.4 Å². The zero-order chi connectivity index (χ0) is 12.5. The first-order valence-electron chi connectivity index (χ1n) is 6.63. The third-order valence-corrected chi connectivity index (χ3v) is 3.82. The van der Waals surface area contributed by atoms with E-state index < -0.39 is 0 Å². The third-order valence-electron chi connectivity index (χ3n) is 3.82. The van der Waals surface area contributed by atoms with E-state index in [0.29, 0.717) is 6.04 Å². The van der Waals surface area contributed by atoms with E-state index in [1.54, 1.807) is 0 Å². The highest BCUT2D eigenvalue weighted by atomic mass is 14.9. The Morgan fingerprint density at radius 2 is 2.17 bits per heavy atom. The summed E-state index contributed by atoms with van der Waals surface area (Å²) in [5, 5.41) is 4.81. The Balaban J connectivity index is 1.92. The average Bonchev–Trinajstić information content (AvgIpc) is 2.75. The molecule has 0 saturated heterocycles. The number of nitrogens with two attached hydrogens (primary N) is 1. The monoisotopic (exact) mass is 241 g/mol. The number of fused-ring (bicyclic) bond motifs is 1. The van der Waals surface area contributed by atoms with Crippen molar-refractivity contribution in [3.05, 3.63) is 30.5 Å². The summed E-state index contributed by atoms with van der Waals surface area (Å²) in [6.07, 6.45) is 5.70. The quantitative estimate of drug-likeness (QED) is 0.792. The zero-order valence-corrected chi connectivity index (χ0v) is 10.7. The smallest absolute Gasteiger partial charge is 0.0743 e. The molecule has 0 spiro atoms. The molecule has 3 N–H and O–H groups in total. The number of hydrogen-bond donors (Lipinski definition) is 2. The molecule has 3 heteroatoms. The summed E-state index contributed by atoms with van der Waals surface area (Å²) in [5.74, 6) is 0.839. The molecule has 1 aliphatic carbocycles. The fourth-order valence-electron chi connectivity index (χ4n) is 2.85. The normalized spacial score (nSPS) is 23.4. The Morgan fingerprint density at radius 3 is 2.94 bits per heavy atom. The molecule has 0 radical (unpaired) electrons. The van der Waals surface area contributed by atoms with Gasteiger partial charge in [0.15, 0.2) is 0 Å². The molecule has 1 aromatic heterocycles. The van der Waals surface area contributed by atoms with Crippen molar-refractivity contribution in [2.24, 2.45) is 5.92 Å². The van der Waals surface area contributed by atoms with Gasteiger partial charge in [-0.25, -0.2) is 0 Å². The first-order valence-corrected chi connectivity index (χ1v) is 6.63. The van der Waals surface area contributed by atoms with Crippen molar-refractivity contribution < 1.29 is 0 Å². The Hall–Kier alpha value is -1.77. The summed E-state index contributed by atoms with van der Waals surface area (Å²) in [4.78, 5) is 4.37. The van der Waals surface area contributed by atoms with Crippen LogP contribution in [0.4, 0.5) is 11.4 Å². The van der Waals surface area contributed by atoms with E-state index in [1.165, 1.54) is 24.9 Å². The maximum Gasteiger partial charge on any atom is 0.0743 e. The van der Waals surface area contributed by atoms with Gasteiger partial charge in [-0.2, -0.15) is 0 Å². The van der Waals surface area contributed by atoms with Crippen LogP contribution in [0.3, 0.4) is 0 Å². The summed E-state index contributed by atoms with van der Waals surface area (Å²) in [6, 6.07) is 8.58. The first-order chi connectivity index (χ1) is 8.72. The van der Waals surface area contributed by atoms with E-state index in [0.717, 1.165) is 22.5 Å². The second-order valence-corrected chi connectivity index (χ2v) is 5.39. The SMILES string of the molecule is CC1CCC(Nc2ccnc3cc(N)ccc23)C1. The minimum absolute atomic E-state index is 0.600. The van der Waals surface area contributed by atoms with Gasteiger partial charge in [0.25, 0.3) is 0 Å². The van der Waals surface area contributed by atoms with Gasteiger partial charge in [-0.3, -0.25) is 4.98 Å². The van der Waals surface area contributed by atoms with Gasteiger partial charge in [0.05, 0.1) is 5.52 Å². The molecule has 1 saturated carbocycles. The molecular weight excluding hydrogens is 222 g/mol. The average molecular weight is 241 g/mol. The lowest BCUT2D eigenvalue weighted by Gasteiger charge is -2.15. The largest absolute Gasteiger partial charge is 0.399 e. The highest BCUT2D eigenvalue weighted by molar-refractivity contribution is 5.92. The number of nitrogen functional groups attached to an aromatic ring is 1. The number of nitrogens with zero attached hydrogens (tertiary/aromatic N) is 1. The topological polar surface area (TPSA) is 50.9 Å². The standard InChI is InChI=1S/C15H19N3/c1-10-2-4-12(8-10)18-14-6-7-17-15-9-11(16)3-5-13(14)15/h3,5-7,9-10,12H,2,4,8,16H2,1H3,(H,17,18). The van der Waals surface area contributed by atoms with Crippen LogP contribution in [0, 0.1) is 5.92 Å². The van der Waals surface area contributed by atoms with Gasteiger partial charge in [0.2, 0.25) is 0 Å². The molecule has 1 fully saturated rings. The Labute approximate surface area is 107 Å². The molecule has 1 heterocycles. The van der Waals surface area contributed by atoms with Gasteiger partial charge >= 0.3 is 0 Å². The van der Waals surface area contributed by atoms with E-state index in [9.17, 15) is 0 Å². The van der Waals surface area contributed by atoms with E-state index in [1.807, 2.05) is 18.3 Å². The van der Waals surface area contributed by atoms with Gasteiger partial charge in [0.1, 0.15) is 0 Å². The van der Waals surface area contributed by atoms with E-state index in [4.69, 9.17) is 5.73 Å². The van der Waals surface area contributed by atoms with Crippen LogP contribution >= 0.6 is 0 Å². The number of rotatable bonds is 2. The van der Waals surface area contributed by atoms with Gasteiger partial charge in [-0.15, -0.1) is 0 Å². The molecule has 2 unspecified atom stereocenters. The van der Waals surface area contributed by atoms with Crippen molar-refractivity contribution in [1.29, 1.82) is 0 Å². The van der Waals surface area contributed by atoms with Crippen LogP contribution in [-0.2, 0) is 0 Å². The van der Waals surface area contributed by atoms with Gasteiger partial charge in [-0.1, -0.05) is 6.92 Å². The van der Waals surface area contributed by atoms with E-state index in [-0.39, 0.29) is 0 Å². The number of pyridine rings is 1. The van der Waals surface area contributed by atoms with E-state index >= 15 is 0 Å². The molecule has 0 aliphatic heterocycles. The van der Waals surface area contributed by atoms with Crippen molar-refractivity contribution in [3.63, 3.8) is 0 Å². The van der Waals surface area contributed by atoms with Crippen LogP contribution in [0.1, 0.15) is 26.2 Å². The molecule has 0 amide bonds. The molecule has 3 rings (SSSR count). The highest BCUT2D eigenvalue weighted by Crippen LogP contribution is 2.30. The van der Waals surface area contributed by atoms with Crippen molar-refractivity contribution in [2.45, 2.75) is 32.2 Å². The van der Waals surface area contributed by atoms with Gasteiger partial charge in [0, 0.05) is 29.0 Å². The Kier molecular flexibility index (Phi) is 2.82. The summed E-state index contributed by atoms with van der Waals surface area (Å²) in [5.41, 5.74) is 8.70. The fraction of sp³-hybridized carbons (Fsp3) is 0.400. The fourth-order valence-corrected chi connectivity index (χ4v) is 2.85. The second-order valence-electron chi connectivity index (χ2n) is 5.39. The molecule has 1 aromatic carbocycles. The molecule has 0 bridgehead atoms. The molecule has 94 valence electrons. The van der Waals surface area contributed by atoms with Gasteiger partial charge in [-0.05, 0) is 49.4 Å². The predicted molar refractivity (Wildman–Crippen MR) is 76.6 cm³/mol. The van der Waals surface area contributed by atoms with Crippen molar-refractivity contribution in [2.75, 3.05) is 11.1 Å². The predicted octanol–water partition coefficient (Wildman–Crippen LogP) is 3.42. The van der Waals surface area contributed by atoms with Crippen LogP contribution in [0.2, 0.25) is 0 Å². The summed E-state index contributed by atoms with van der Waals surface area (Å²) in [6.45, 7) is 2.33. The number of hydrogen-bond acceptors (Lipinski definition) is 3. The van der Waals surface area contributed by atoms with Crippen LogP contribution < -0.4 is 11.1 Å². The minimum atomic E-state index is 0.600. The molecule has 2 atom stereocenters. The molecular formula is C15H19N3.